The highest BCUT2D eigenvalue weighted by molar-refractivity contribution is 5.82. The Morgan fingerprint density at radius 1 is 1.29 bits per heavy atom. The number of carbonyl (C=O) groups excluding carboxylic acids is 1. The highest BCUT2D eigenvalue weighted by Crippen LogP contribution is 2.12. The minimum absolute atomic E-state index is 0.0466. The summed E-state index contributed by atoms with van der Waals surface area (Å²) < 4.78 is 35.8. The molecule has 0 radical (unpaired) electrons. The van der Waals surface area contributed by atoms with E-state index in [0.29, 0.717) is 13.2 Å². The number of ketones is 1. The lowest BCUT2D eigenvalue weighted by Gasteiger charge is -2.04. The predicted molar refractivity (Wildman–Crippen MR) is 57.8 cm³/mol. The Bertz CT molecular complexity index is 380. The lowest BCUT2D eigenvalue weighted by Crippen LogP contribution is -2.14. The number of benzene rings is 1. The van der Waals surface area contributed by atoms with Crippen LogP contribution in [0.1, 0.15) is 5.56 Å². The van der Waals surface area contributed by atoms with Crippen LogP contribution < -0.4 is 0 Å². The van der Waals surface area contributed by atoms with Crippen LogP contribution in [-0.4, -0.2) is 32.7 Å². The van der Waals surface area contributed by atoms with Gasteiger partial charge in [-0.1, -0.05) is 12.1 Å². The maximum atomic E-state index is 13.2. The average Bonchev–Trinajstić information content (AvgIpc) is 2.31. The average molecular weight is 244 g/mol. The lowest BCUT2D eigenvalue weighted by atomic mass is 10.1. The van der Waals surface area contributed by atoms with Crippen molar-refractivity contribution in [1.29, 1.82) is 0 Å². The van der Waals surface area contributed by atoms with E-state index in [9.17, 15) is 13.6 Å². The molecule has 3 nitrogen and oxygen atoms in total. The van der Waals surface area contributed by atoms with Gasteiger partial charge in [0.05, 0.1) is 13.2 Å². The zero-order valence-corrected chi connectivity index (χ0v) is 9.54. The van der Waals surface area contributed by atoms with Crippen LogP contribution >= 0.6 is 0 Å². The van der Waals surface area contributed by atoms with Gasteiger partial charge in [0.25, 0.3) is 0 Å². The molecule has 1 aromatic rings. The van der Waals surface area contributed by atoms with Crippen molar-refractivity contribution in [2.24, 2.45) is 0 Å². The Labute approximate surface area is 98.3 Å². The molecular weight excluding hydrogens is 230 g/mol. The molecule has 0 heterocycles. The van der Waals surface area contributed by atoms with Crippen LogP contribution in [0.3, 0.4) is 0 Å². The van der Waals surface area contributed by atoms with Gasteiger partial charge in [0.1, 0.15) is 6.61 Å². The number of carbonyl (C=O) groups is 1. The second-order valence-electron chi connectivity index (χ2n) is 3.47. The first-order chi connectivity index (χ1) is 8.15. The van der Waals surface area contributed by atoms with E-state index in [1.54, 1.807) is 0 Å². The van der Waals surface area contributed by atoms with E-state index in [1.807, 2.05) is 0 Å². The summed E-state index contributed by atoms with van der Waals surface area (Å²) in [6.07, 6.45) is -0.170. The third kappa shape index (κ3) is 4.58. The third-order valence-electron chi connectivity index (χ3n) is 2.11. The minimum Gasteiger partial charge on any atom is -0.382 e. The van der Waals surface area contributed by atoms with E-state index in [-0.39, 0.29) is 24.4 Å². The molecule has 5 heteroatoms. The summed E-state index contributed by atoms with van der Waals surface area (Å²) in [5, 5.41) is 0. The van der Waals surface area contributed by atoms with Crippen LogP contribution in [0.15, 0.2) is 18.2 Å². The van der Waals surface area contributed by atoms with Crippen molar-refractivity contribution in [1.82, 2.24) is 0 Å². The van der Waals surface area contributed by atoms with Gasteiger partial charge in [0, 0.05) is 13.5 Å². The molecule has 0 spiro atoms. The summed E-state index contributed by atoms with van der Waals surface area (Å²) >= 11 is 0. The standard InChI is InChI=1S/C12H14F2O3/c1-16-5-6-17-8-10(15)7-9-3-2-4-11(13)12(9)14/h2-4H,5-8H2,1H3. The van der Waals surface area contributed by atoms with E-state index < -0.39 is 11.6 Å². The molecule has 0 aromatic heterocycles. The predicted octanol–water partition coefficient (Wildman–Crippen LogP) is 1.74. The van der Waals surface area contributed by atoms with Crippen LogP contribution in [0.2, 0.25) is 0 Å². The molecule has 0 saturated carbocycles. The lowest BCUT2D eigenvalue weighted by molar-refractivity contribution is -0.123. The molecule has 0 bridgehead atoms. The highest BCUT2D eigenvalue weighted by Gasteiger charge is 2.11. The first kappa shape index (κ1) is 13.7. The summed E-state index contributed by atoms with van der Waals surface area (Å²) in [6, 6.07) is 3.76. The van der Waals surface area contributed by atoms with Crippen LogP contribution in [0.25, 0.3) is 0 Å². The largest absolute Gasteiger partial charge is 0.382 e. The Hall–Kier alpha value is -1.33. The summed E-state index contributed by atoms with van der Waals surface area (Å²) in [7, 11) is 1.52. The number of hydrogen-bond acceptors (Lipinski definition) is 3. The quantitative estimate of drug-likeness (QED) is 0.685. The summed E-state index contributed by atoms with van der Waals surface area (Å²) in [5.74, 6) is -2.22. The van der Waals surface area contributed by atoms with Crippen molar-refractivity contribution >= 4 is 5.78 Å². The molecule has 0 aliphatic heterocycles. The van der Waals surface area contributed by atoms with Crippen molar-refractivity contribution in [3.05, 3.63) is 35.4 Å². The van der Waals surface area contributed by atoms with Gasteiger partial charge in [-0.2, -0.15) is 0 Å². The van der Waals surface area contributed by atoms with E-state index in [2.05, 4.69) is 0 Å². The normalized spacial score (nSPS) is 10.5. The van der Waals surface area contributed by atoms with Gasteiger partial charge in [0.2, 0.25) is 0 Å². The Kier molecular flexibility index (Phi) is 5.72. The zero-order chi connectivity index (χ0) is 12.7. The molecule has 17 heavy (non-hydrogen) atoms. The number of rotatable bonds is 7. The van der Waals surface area contributed by atoms with Crippen LogP contribution in [0.4, 0.5) is 8.78 Å². The third-order valence-corrected chi connectivity index (χ3v) is 2.11. The fourth-order valence-electron chi connectivity index (χ4n) is 1.28. The van der Waals surface area contributed by atoms with Gasteiger partial charge >= 0.3 is 0 Å². The summed E-state index contributed by atoms with van der Waals surface area (Å²) in [4.78, 5) is 11.4. The van der Waals surface area contributed by atoms with Gasteiger partial charge in [-0.3, -0.25) is 4.79 Å². The van der Waals surface area contributed by atoms with Gasteiger partial charge < -0.3 is 9.47 Å². The van der Waals surface area contributed by atoms with E-state index >= 15 is 0 Å². The maximum Gasteiger partial charge on any atom is 0.162 e. The zero-order valence-electron chi connectivity index (χ0n) is 9.54. The van der Waals surface area contributed by atoms with Crippen LogP contribution in [0, 0.1) is 11.6 Å². The molecule has 0 amide bonds. The molecule has 0 fully saturated rings. The number of hydrogen-bond donors (Lipinski definition) is 0. The van der Waals surface area contributed by atoms with Crippen LogP contribution in [0.5, 0.6) is 0 Å². The van der Waals surface area contributed by atoms with Crippen molar-refractivity contribution < 1.29 is 23.0 Å². The fraction of sp³-hybridized carbons (Fsp3) is 0.417. The van der Waals surface area contributed by atoms with E-state index in [4.69, 9.17) is 9.47 Å². The molecular formula is C12H14F2O3. The van der Waals surface area contributed by atoms with Crippen molar-refractivity contribution in [3.63, 3.8) is 0 Å². The molecule has 1 aromatic carbocycles. The minimum atomic E-state index is -0.974. The summed E-state index contributed by atoms with van der Waals surface area (Å²) in [6.45, 7) is 0.564. The van der Waals surface area contributed by atoms with E-state index in [1.165, 1.54) is 19.2 Å². The second-order valence-corrected chi connectivity index (χ2v) is 3.47. The monoisotopic (exact) mass is 244 g/mol. The van der Waals surface area contributed by atoms with Gasteiger partial charge in [-0.05, 0) is 11.6 Å². The molecule has 94 valence electrons. The van der Waals surface area contributed by atoms with E-state index in [0.717, 1.165) is 6.07 Å². The molecule has 1 rings (SSSR count). The smallest absolute Gasteiger partial charge is 0.162 e. The number of halogens is 2. The first-order valence-electron chi connectivity index (χ1n) is 5.16. The number of ether oxygens (including phenoxy) is 2. The molecule has 0 N–H and O–H groups in total. The maximum absolute atomic E-state index is 13.2. The first-order valence-corrected chi connectivity index (χ1v) is 5.16. The molecule has 0 aliphatic carbocycles. The van der Waals surface area contributed by atoms with Gasteiger partial charge in [0.15, 0.2) is 17.4 Å². The fourth-order valence-corrected chi connectivity index (χ4v) is 1.28. The Balaban J connectivity index is 2.43. The highest BCUT2D eigenvalue weighted by atomic mass is 19.2. The topological polar surface area (TPSA) is 35.5 Å². The molecule has 0 aliphatic rings. The number of methoxy groups -OCH3 is 1. The number of Topliss-reactive ketones (excluding diaryl/α,β-unsaturated/α-hetero) is 1. The SMILES string of the molecule is COCCOCC(=O)Cc1cccc(F)c1F. The van der Waals surface area contributed by atoms with Crippen LogP contribution in [-0.2, 0) is 20.7 Å². The molecule has 0 unspecified atom stereocenters. The summed E-state index contributed by atoms with van der Waals surface area (Å²) in [5.41, 5.74) is 0.0466. The van der Waals surface area contributed by atoms with Crippen molar-refractivity contribution in [2.45, 2.75) is 6.42 Å². The Morgan fingerprint density at radius 2 is 2.06 bits per heavy atom. The molecule has 0 atom stereocenters. The van der Waals surface area contributed by atoms with Gasteiger partial charge in [-0.25, -0.2) is 8.78 Å². The van der Waals surface area contributed by atoms with Gasteiger partial charge in [-0.15, -0.1) is 0 Å². The second kappa shape index (κ2) is 7.09. The van der Waals surface area contributed by atoms with Crippen molar-refractivity contribution in [3.8, 4) is 0 Å². The molecule has 0 saturated heterocycles. The van der Waals surface area contributed by atoms with Crippen molar-refractivity contribution in [2.75, 3.05) is 26.9 Å². The Morgan fingerprint density at radius 3 is 2.76 bits per heavy atom.